The number of rotatable bonds is 5. The molecule has 0 spiro atoms. The molecular weight excluding hydrogens is 280 g/mol. The van der Waals surface area contributed by atoms with E-state index >= 15 is 0 Å². The number of nitrogens with zero attached hydrogens (tertiary/aromatic N) is 4. The molecule has 2 aliphatic rings. The van der Waals surface area contributed by atoms with E-state index in [4.69, 9.17) is 4.74 Å². The fraction of sp³-hybridized carbons (Fsp3) is 0.750. The van der Waals surface area contributed by atoms with Gasteiger partial charge in [-0.05, 0) is 24.8 Å². The van der Waals surface area contributed by atoms with Gasteiger partial charge in [0.05, 0.1) is 13.2 Å². The molecule has 0 saturated carbocycles. The zero-order valence-electron chi connectivity index (χ0n) is 13.2. The van der Waals surface area contributed by atoms with Crippen molar-refractivity contribution in [3.63, 3.8) is 0 Å². The van der Waals surface area contributed by atoms with Crippen molar-refractivity contribution >= 4 is 5.91 Å². The van der Waals surface area contributed by atoms with Gasteiger partial charge in [0, 0.05) is 58.1 Å². The number of aromatic nitrogens is 2. The number of likely N-dealkylation sites (tertiary alicyclic amines) is 1. The van der Waals surface area contributed by atoms with Crippen LogP contribution in [0.25, 0.3) is 0 Å². The van der Waals surface area contributed by atoms with E-state index in [0.29, 0.717) is 13.0 Å². The lowest BCUT2D eigenvalue weighted by molar-refractivity contribution is -0.133. The second-order valence-corrected chi connectivity index (χ2v) is 6.26. The maximum Gasteiger partial charge on any atom is 0.224 e. The highest BCUT2D eigenvalue weighted by molar-refractivity contribution is 5.76. The molecule has 0 aromatic carbocycles. The molecule has 1 aromatic rings. The van der Waals surface area contributed by atoms with Crippen molar-refractivity contribution in [2.45, 2.75) is 25.8 Å². The monoisotopic (exact) mass is 306 g/mol. The first-order valence-electron chi connectivity index (χ1n) is 8.36. The summed E-state index contributed by atoms with van der Waals surface area (Å²) in [5, 5.41) is 4.14. The van der Waals surface area contributed by atoms with Crippen molar-refractivity contribution in [3.8, 4) is 0 Å². The molecule has 0 atom stereocenters. The molecule has 0 aliphatic carbocycles. The summed E-state index contributed by atoms with van der Waals surface area (Å²) in [6.45, 7) is 7.51. The maximum atomic E-state index is 12.2. The third-order valence-electron chi connectivity index (χ3n) is 4.70. The Hall–Kier alpha value is -1.40. The van der Waals surface area contributed by atoms with Crippen molar-refractivity contribution in [2.75, 3.05) is 45.9 Å². The fourth-order valence-corrected chi connectivity index (χ4v) is 3.31. The van der Waals surface area contributed by atoms with Crippen molar-refractivity contribution in [3.05, 3.63) is 18.5 Å². The van der Waals surface area contributed by atoms with Crippen LogP contribution in [0.2, 0.25) is 0 Å². The van der Waals surface area contributed by atoms with E-state index in [1.165, 1.54) is 6.54 Å². The van der Waals surface area contributed by atoms with Crippen LogP contribution >= 0.6 is 0 Å². The molecular formula is C16H26N4O2. The van der Waals surface area contributed by atoms with Gasteiger partial charge in [-0.15, -0.1) is 0 Å². The third kappa shape index (κ3) is 4.30. The Balaban J connectivity index is 1.36. The summed E-state index contributed by atoms with van der Waals surface area (Å²) in [5.74, 6) is 0.994. The molecule has 0 unspecified atom stereocenters. The molecule has 1 aromatic heterocycles. The van der Waals surface area contributed by atoms with Crippen LogP contribution in [0, 0.1) is 5.92 Å². The third-order valence-corrected chi connectivity index (χ3v) is 4.70. The van der Waals surface area contributed by atoms with Crippen LogP contribution < -0.4 is 0 Å². The van der Waals surface area contributed by atoms with E-state index in [-0.39, 0.29) is 5.91 Å². The lowest BCUT2D eigenvalue weighted by atomic mass is 9.96. The van der Waals surface area contributed by atoms with Crippen LogP contribution in [0.5, 0.6) is 0 Å². The molecule has 3 heterocycles. The minimum Gasteiger partial charge on any atom is -0.379 e. The van der Waals surface area contributed by atoms with Crippen LogP contribution in [0.1, 0.15) is 19.3 Å². The quantitative estimate of drug-likeness (QED) is 0.809. The normalized spacial score (nSPS) is 21.2. The van der Waals surface area contributed by atoms with Gasteiger partial charge >= 0.3 is 0 Å². The Bertz CT molecular complexity index is 449. The molecule has 3 rings (SSSR count). The molecule has 22 heavy (non-hydrogen) atoms. The van der Waals surface area contributed by atoms with E-state index in [1.807, 2.05) is 21.8 Å². The van der Waals surface area contributed by atoms with Gasteiger partial charge in [0.1, 0.15) is 0 Å². The highest BCUT2D eigenvalue weighted by Gasteiger charge is 2.24. The van der Waals surface area contributed by atoms with Gasteiger partial charge in [-0.1, -0.05) is 0 Å². The first-order valence-corrected chi connectivity index (χ1v) is 8.36. The van der Waals surface area contributed by atoms with Crippen molar-refractivity contribution in [1.29, 1.82) is 0 Å². The predicted molar refractivity (Wildman–Crippen MR) is 83.4 cm³/mol. The second kappa shape index (κ2) is 7.74. The van der Waals surface area contributed by atoms with Crippen molar-refractivity contribution in [1.82, 2.24) is 19.6 Å². The minimum absolute atomic E-state index is 0.264. The molecule has 2 aliphatic heterocycles. The van der Waals surface area contributed by atoms with Crippen LogP contribution in [-0.2, 0) is 16.1 Å². The minimum atomic E-state index is 0.264. The van der Waals surface area contributed by atoms with Crippen LogP contribution in [0.4, 0.5) is 0 Å². The topological polar surface area (TPSA) is 50.6 Å². The summed E-state index contributed by atoms with van der Waals surface area (Å²) in [6, 6.07) is 1.89. The average molecular weight is 306 g/mol. The van der Waals surface area contributed by atoms with Gasteiger partial charge in [-0.25, -0.2) is 0 Å². The Morgan fingerprint density at radius 2 is 1.95 bits per heavy atom. The summed E-state index contributed by atoms with van der Waals surface area (Å²) in [6.07, 6.45) is 6.47. The summed E-state index contributed by atoms with van der Waals surface area (Å²) in [4.78, 5) is 16.8. The summed E-state index contributed by atoms with van der Waals surface area (Å²) >= 11 is 0. The number of hydrogen-bond donors (Lipinski definition) is 0. The first kappa shape index (κ1) is 15.5. The molecule has 0 radical (unpaired) electrons. The smallest absolute Gasteiger partial charge is 0.224 e. The summed E-state index contributed by atoms with van der Waals surface area (Å²) in [5.41, 5.74) is 0. The van der Waals surface area contributed by atoms with Gasteiger partial charge < -0.3 is 9.64 Å². The van der Waals surface area contributed by atoms with Crippen LogP contribution in [-0.4, -0.2) is 71.4 Å². The van der Waals surface area contributed by atoms with E-state index in [9.17, 15) is 4.79 Å². The number of amides is 1. The van der Waals surface area contributed by atoms with Crippen molar-refractivity contribution in [2.24, 2.45) is 5.92 Å². The molecule has 0 N–H and O–H groups in total. The first-order chi connectivity index (χ1) is 10.8. The SMILES string of the molecule is O=C(CCn1cccn1)N1CCC(CN2CCOCC2)CC1. The molecule has 6 heteroatoms. The number of hydrogen-bond acceptors (Lipinski definition) is 4. The molecule has 0 bridgehead atoms. The Labute approximate surface area is 132 Å². The van der Waals surface area contributed by atoms with Gasteiger partial charge in [-0.3, -0.25) is 14.4 Å². The largest absolute Gasteiger partial charge is 0.379 e. The number of carbonyl (C=O) groups excluding carboxylic acids is 1. The van der Waals surface area contributed by atoms with E-state index in [1.54, 1.807) is 6.20 Å². The Morgan fingerprint density at radius 1 is 1.18 bits per heavy atom. The zero-order valence-corrected chi connectivity index (χ0v) is 13.2. The van der Waals surface area contributed by atoms with Gasteiger partial charge in [0.2, 0.25) is 5.91 Å². The lowest BCUT2D eigenvalue weighted by Crippen LogP contribution is -2.44. The number of carbonyl (C=O) groups is 1. The number of morpholine rings is 1. The van der Waals surface area contributed by atoms with Gasteiger partial charge in [0.25, 0.3) is 0 Å². The number of aryl methyl sites for hydroxylation is 1. The maximum absolute atomic E-state index is 12.2. The molecule has 122 valence electrons. The van der Waals surface area contributed by atoms with Crippen molar-refractivity contribution < 1.29 is 9.53 Å². The van der Waals surface area contributed by atoms with Crippen LogP contribution in [0.15, 0.2) is 18.5 Å². The summed E-state index contributed by atoms with van der Waals surface area (Å²) < 4.78 is 7.22. The predicted octanol–water partition coefficient (Wildman–Crippen LogP) is 0.844. The fourth-order valence-electron chi connectivity index (χ4n) is 3.31. The molecule has 2 saturated heterocycles. The lowest BCUT2D eigenvalue weighted by Gasteiger charge is -2.36. The standard InChI is InChI=1S/C16H26N4O2/c21-16(4-9-20-6-1-5-17-20)19-7-2-15(3-8-19)14-18-10-12-22-13-11-18/h1,5-6,15H,2-4,7-14H2. The van der Waals surface area contributed by atoms with Crippen LogP contribution in [0.3, 0.4) is 0 Å². The molecule has 6 nitrogen and oxygen atoms in total. The molecule has 1 amide bonds. The Morgan fingerprint density at radius 3 is 2.64 bits per heavy atom. The van der Waals surface area contributed by atoms with Gasteiger partial charge in [-0.2, -0.15) is 5.10 Å². The number of ether oxygens (including phenoxy) is 1. The average Bonchev–Trinajstić information content (AvgIpc) is 3.08. The molecule has 2 fully saturated rings. The highest BCUT2D eigenvalue weighted by atomic mass is 16.5. The van der Waals surface area contributed by atoms with E-state index in [0.717, 1.165) is 58.2 Å². The Kier molecular flexibility index (Phi) is 5.45. The van der Waals surface area contributed by atoms with E-state index in [2.05, 4.69) is 10.00 Å². The summed E-state index contributed by atoms with van der Waals surface area (Å²) in [7, 11) is 0. The van der Waals surface area contributed by atoms with Gasteiger partial charge in [0.15, 0.2) is 0 Å². The second-order valence-electron chi connectivity index (χ2n) is 6.26. The zero-order chi connectivity index (χ0) is 15.2. The highest BCUT2D eigenvalue weighted by Crippen LogP contribution is 2.19. The number of piperidine rings is 1. The van der Waals surface area contributed by atoms with E-state index < -0.39 is 0 Å².